The van der Waals surface area contributed by atoms with Crippen LogP contribution in [0.25, 0.3) is 11.0 Å². The standard InChI is InChI=1S/C26H30N2O6/c1-19-9-10-23-22(13-19)26(31)21(17-34-23)15-28(14-20-7-5-4-6-8-20)24(29)16-27(11-12-32-2)25(30)18-33-3/h4-10,13,17H,11-12,14-16,18H2,1-3H3. The second-order valence-corrected chi connectivity index (χ2v) is 8.07. The summed E-state index contributed by atoms with van der Waals surface area (Å²) in [7, 11) is 2.96. The Morgan fingerprint density at radius 3 is 2.41 bits per heavy atom. The van der Waals surface area contributed by atoms with Crippen molar-refractivity contribution in [2.24, 2.45) is 0 Å². The summed E-state index contributed by atoms with van der Waals surface area (Å²) < 4.78 is 15.7. The van der Waals surface area contributed by atoms with E-state index in [0.717, 1.165) is 11.1 Å². The molecule has 0 fully saturated rings. The first-order valence-corrected chi connectivity index (χ1v) is 11.0. The smallest absolute Gasteiger partial charge is 0.249 e. The maximum atomic E-state index is 13.4. The highest BCUT2D eigenvalue weighted by Gasteiger charge is 2.23. The van der Waals surface area contributed by atoms with Crippen molar-refractivity contribution in [2.75, 3.05) is 40.5 Å². The molecule has 0 saturated heterocycles. The van der Waals surface area contributed by atoms with E-state index in [1.54, 1.807) is 17.0 Å². The van der Waals surface area contributed by atoms with Gasteiger partial charge in [-0.2, -0.15) is 0 Å². The Morgan fingerprint density at radius 1 is 0.941 bits per heavy atom. The quantitative estimate of drug-likeness (QED) is 0.432. The Hall–Kier alpha value is -3.49. The van der Waals surface area contributed by atoms with Crippen molar-refractivity contribution in [1.29, 1.82) is 0 Å². The van der Waals surface area contributed by atoms with E-state index in [1.165, 1.54) is 25.4 Å². The Bertz CT molecular complexity index is 1170. The van der Waals surface area contributed by atoms with Crippen LogP contribution in [-0.2, 0) is 32.2 Å². The number of rotatable bonds is 11. The van der Waals surface area contributed by atoms with Gasteiger partial charge in [0, 0.05) is 27.3 Å². The van der Waals surface area contributed by atoms with Crippen LogP contribution in [0.3, 0.4) is 0 Å². The van der Waals surface area contributed by atoms with E-state index in [2.05, 4.69) is 0 Å². The molecule has 1 heterocycles. The van der Waals surface area contributed by atoms with E-state index in [0.29, 0.717) is 16.5 Å². The third-order valence-electron chi connectivity index (χ3n) is 5.44. The molecule has 0 N–H and O–H groups in total. The average molecular weight is 467 g/mol. The summed E-state index contributed by atoms with van der Waals surface area (Å²) in [5.74, 6) is -0.610. The zero-order valence-electron chi connectivity index (χ0n) is 19.8. The minimum atomic E-state index is -0.312. The van der Waals surface area contributed by atoms with E-state index in [9.17, 15) is 14.4 Å². The molecule has 180 valence electrons. The highest BCUT2D eigenvalue weighted by Crippen LogP contribution is 2.16. The van der Waals surface area contributed by atoms with Crippen molar-refractivity contribution in [3.05, 3.63) is 81.7 Å². The summed E-state index contributed by atoms with van der Waals surface area (Å²) in [4.78, 5) is 42.0. The Labute approximate surface area is 198 Å². The third-order valence-corrected chi connectivity index (χ3v) is 5.44. The van der Waals surface area contributed by atoms with Crippen molar-refractivity contribution < 1.29 is 23.5 Å². The topological polar surface area (TPSA) is 89.3 Å². The molecule has 1 aromatic heterocycles. The fourth-order valence-electron chi connectivity index (χ4n) is 3.61. The van der Waals surface area contributed by atoms with Crippen molar-refractivity contribution in [3.63, 3.8) is 0 Å². The number of hydrogen-bond donors (Lipinski definition) is 0. The molecule has 8 nitrogen and oxygen atoms in total. The molecule has 0 aliphatic heterocycles. The summed E-state index contributed by atoms with van der Waals surface area (Å²) in [5, 5.41) is 0.474. The molecule has 2 amide bonds. The molecule has 3 aromatic rings. The van der Waals surface area contributed by atoms with Crippen LogP contribution in [0, 0.1) is 6.92 Å². The van der Waals surface area contributed by atoms with Crippen molar-refractivity contribution in [2.45, 2.75) is 20.0 Å². The lowest BCUT2D eigenvalue weighted by atomic mass is 10.1. The van der Waals surface area contributed by atoms with Crippen LogP contribution in [0.4, 0.5) is 0 Å². The lowest BCUT2D eigenvalue weighted by molar-refractivity contribution is -0.143. The van der Waals surface area contributed by atoms with Gasteiger partial charge in [0.15, 0.2) is 5.43 Å². The molecule has 0 bridgehead atoms. The number of carbonyl (C=O) groups is 2. The maximum Gasteiger partial charge on any atom is 0.249 e. The summed E-state index contributed by atoms with van der Waals surface area (Å²) in [6, 6.07) is 14.9. The van der Waals surface area contributed by atoms with Gasteiger partial charge in [-0.1, -0.05) is 42.0 Å². The summed E-state index contributed by atoms with van der Waals surface area (Å²) in [5.41, 5.74) is 2.54. The van der Waals surface area contributed by atoms with Crippen LogP contribution in [0.2, 0.25) is 0 Å². The number of benzene rings is 2. The molecule has 0 saturated carbocycles. The fourth-order valence-corrected chi connectivity index (χ4v) is 3.61. The third kappa shape index (κ3) is 6.52. The number of fused-ring (bicyclic) bond motifs is 1. The van der Waals surface area contributed by atoms with Gasteiger partial charge in [-0.25, -0.2) is 0 Å². The van der Waals surface area contributed by atoms with Crippen molar-refractivity contribution in [1.82, 2.24) is 9.80 Å². The van der Waals surface area contributed by atoms with Crippen LogP contribution >= 0.6 is 0 Å². The maximum absolute atomic E-state index is 13.4. The van der Waals surface area contributed by atoms with Crippen LogP contribution in [0.5, 0.6) is 0 Å². The van der Waals surface area contributed by atoms with E-state index in [-0.39, 0.29) is 56.6 Å². The first-order valence-electron chi connectivity index (χ1n) is 11.0. The number of methoxy groups -OCH3 is 2. The molecule has 0 radical (unpaired) electrons. The van der Waals surface area contributed by atoms with Gasteiger partial charge in [-0.05, 0) is 24.6 Å². The number of amides is 2. The van der Waals surface area contributed by atoms with E-state index >= 15 is 0 Å². The SMILES string of the molecule is COCCN(CC(=O)N(Cc1ccccc1)Cc1coc2ccc(C)cc2c1=O)C(=O)COC. The molecule has 2 aromatic carbocycles. The molecule has 0 aliphatic rings. The molecule has 0 spiro atoms. The predicted octanol–water partition coefficient (Wildman–Crippen LogP) is 2.75. The van der Waals surface area contributed by atoms with Gasteiger partial charge < -0.3 is 23.7 Å². The zero-order valence-corrected chi connectivity index (χ0v) is 19.8. The average Bonchev–Trinajstić information content (AvgIpc) is 2.83. The first-order chi connectivity index (χ1) is 16.4. The molecule has 34 heavy (non-hydrogen) atoms. The predicted molar refractivity (Wildman–Crippen MR) is 128 cm³/mol. The normalized spacial score (nSPS) is 10.9. The van der Waals surface area contributed by atoms with Crippen LogP contribution in [-0.4, -0.2) is 62.1 Å². The Balaban J connectivity index is 1.89. The highest BCUT2D eigenvalue weighted by atomic mass is 16.5. The second kappa shape index (κ2) is 12.1. The molecule has 0 atom stereocenters. The highest BCUT2D eigenvalue weighted by molar-refractivity contribution is 5.85. The number of carbonyl (C=O) groups excluding carboxylic acids is 2. The number of nitrogens with zero attached hydrogens (tertiary/aromatic N) is 2. The van der Waals surface area contributed by atoms with Gasteiger partial charge >= 0.3 is 0 Å². The lowest BCUT2D eigenvalue weighted by Crippen LogP contribution is -2.45. The minimum absolute atomic E-state index is 0.0521. The second-order valence-electron chi connectivity index (χ2n) is 8.07. The van der Waals surface area contributed by atoms with Gasteiger partial charge in [-0.3, -0.25) is 14.4 Å². The van der Waals surface area contributed by atoms with Gasteiger partial charge in [0.1, 0.15) is 12.2 Å². The molecule has 0 unspecified atom stereocenters. The van der Waals surface area contributed by atoms with E-state index in [1.807, 2.05) is 43.3 Å². The molecule has 8 heteroatoms. The zero-order chi connectivity index (χ0) is 24.5. The minimum Gasteiger partial charge on any atom is -0.464 e. The number of ether oxygens (including phenoxy) is 2. The summed E-state index contributed by atoms with van der Waals surface area (Å²) in [6.45, 7) is 2.48. The lowest BCUT2D eigenvalue weighted by Gasteiger charge is -2.27. The van der Waals surface area contributed by atoms with Gasteiger partial charge in [0.2, 0.25) is 11.8 Å². The van der Waals surface area contributed by atoms with Crippen LogP contribution in [0.15, 0.2) is 64.0 Å². The van der Waals surface area contributed by atoms with E-state index < -0.39 is 0 Å². The van der Waals surface area contributed by atoms with Crippen LogP contribution < -0.4 is 5.43 Å². The monoisotopic (exact) mass is 466 g/mol. The number of aryl methyl sites for hydroxylation is 1. The molecule has 0 aliphatic carbocycles. The Morgan fingerprint density at radius 2 is 1.71 bits per heavy atom. The summed E-state index contributed by atoms with van der Waals surface area (Å²) >= 11 is 0. The number of hydrogen-bond acceptors (Lipinski definition) is 6. The molecular formula is C26H30N2O6. The molecule has 3 rings (SSSR count). The van der Waals surface area contributed by atoms with Crippen molar-refractivity contribution >= 4 is 22.8 Å². The van der Waals surface area contributed by atoms with Gasteiger partial charge in [0.05, 0.1) is 36.9 Å². The van der Waals surface area contributed by atoms with E-state index in [4.69, 9.17) is 13.9 Å². The first kappa shape index (κ1) is 25.1. The van der Waals surface area contributed by atoms with Gasteiger partial charge in [-0.15, -0.1) is 0 Å². The van der Waals surface area contributed by atoms with Gasteiger partial charge in [0.25, 0.3) is 0 Å². The fraction of sp³-hybridized carbons (Fsp3) is 0.346. The molecular weight excluding hydrogens is 436 g/mol. The van der Waals surface area contributed by atoms with Crippen molar-refractivity contribution in [3.8, 4) is 0 Å². The van der Waals surface area contributed by atoms with Crippen LogP contribution in [0.1, 0.15) is 16.7 Å². The Kier molecular flexibility index (Phi) is 8.95. The largest absolute Gasteiger partial charge is 0.464 e. The summed E-state index contributed by atoms with van der Waals surface area (Å²) in [6.07, 6.45) is 1.41.